The molecular formula is C28H27NO4. The predicted molar refractivity (Wildman–Crippen MR) is 130 cm³/mol. The quantitative estimate of drug-likeness (QED) is 0.446. The number of methoxy groups -OCH3 is 1. The maximum Gasteiger partial charge on any atom is 0.337 e. The minimum atomic E-state index is -1.24. The first-order chi connectivity index (χ1) is 15.7. The van der Waals surface area contributed by atoms with E-state index in [0.717, 1.165) is 27.9 Å². The standard InChI is InChI=1S/C28H27NO4/c1-18-12-14-20(15-13-18)25(28(2,3)32)24-22-10-5-6-11-23(22)29(26(24)30)17-19-8-7-9-21(16-19)27(31)33-4/h5-16,32H,17H2,1-4H3/b25-24-. The van der Waals surface area contributed by atoms with E-state index < -0.39 is 11.6 Å². The number of amides is 1. The van der Waals surface area contributed by atoms with Crippen LogP contribution in [0.2, 0.25) is 0 Å². The summed E-state index contributed by atoms with van der Waals surface area (Å²) < 4.78 is 4.83. The number of anilines is 1. The zero-order valence-electron chi connectivity index (χ0n) is 19.3. The molecule has 168 valence electrons. The van der Waals surface area contributed by atoms with E-state index in [1.165, 1.54) is 7.11 Å². The van der Waals surface area contributed by atoms with Gasteiger partial charge in [0.15, 0.2) is 0 Å². The van der Waals surface area contributed by atoms with Crippen molar-refractivity contribution in [2.24, 2.45) is 0 Å². The molecule has 3 aromatic rings. The number of ether oxygens (including phenoxy) is 1. The van der Waals surface area contributed by atoms with Crippen LogP contribution in [-0.2, 0) is 16.1 Å². The zero-order chi connectivity index (χ0) is 23.8. The molecule has 0 aliphatic carbocycles. The average molecular weight is 442 g/mol. The van der Waals surface area contributed by atoms with Crippen molar-refractivity contribution in [3.63, 3.8) is 0 Å². The molecule has 0 fully saturated rings. The number of aryl methyl sites for hydroxylation is 1. The minimum Gasteiger partial charge on any atom is -0.465 e. The van der Waals surface area contributed by atoms with E-state index in [2.05, 4.69) is 0 Å². The van der Waals surface area contributed by atoms with Crippen LogP contribution in [0.15, 0.2) is 72.8 Å². The molecule has 3 aromatic carbocycles. The third kappa shape index (κ3) is 4.32. The van der Waals surface area contributed by atoms with Gasteiger partial charge in [0.2, 0.25) is 0 Å². The maximum absolute atomic E-state index is 13.8. The molecule has 1 heterocycles. The summed E-state index contributed by atoms with van der Waals surface area (Å²) in [7, 11) is 1.34. The number of esters is 1. The van der Waals surface area contributed by atoms with Crippen LogP contribution >= 0.6 is 0 Å². The van der Waals surface area contributed by atoms with Gasteiger partial charge < -0.3 is 14.7 Å². The lowest BCUT2D eigenvalue weighted by Gasteiger charge is -2.25. The molecule has 0 aromatic heterocycles. The van der Waals surface area contributed by atoms with E-state index in [0.29, 0.717) is 16.7 Å². The van der Waals surface area contributed by atoms with Gasteiger partial charge in [0, 0.05) is 11.1 Å². The summed E-state index contributed by atoms with van der Waals surface area (Å²) in [6, 6.07) is 22.5. The number of aliphatic hydroxyl groups is 1. The van der Waals surface area contributed by atoms with Crippen LogP contribution in [0.5, 0.6) is 0 Å². The van der Waals surface area contributed by atoms with Gasteiger partial charge in [0.25, 0.3) is 5.91 Å². The summed E-state index contributed by atoms with van der Waals surface area (Å²) in [4.78, 5) is 27.5. The Morgan fingerprint density at radius 2 is 1.67 bits per heavy atom. The molecule has 1 N–H and O–H groups in total. The van der Waals surface area contributed by atoms with Gasteiger partial charge in [0.1, 0.15) is 0 Å². The van der Waals surface area contributed by atoms with E-state index >= 15 is 0 Å². The normalized spacial score (nSPS) is 14.8. The molecule has 1 amide bonds. The summed E-state index contributed by atoms with van der Waals surface area (Å²) in [6.07, 6.45) is 0. The highest BCUT2D eigenvalue weighted by Gasteiger charge is 2.38. The highest BCUT2D eigenvalue weighted by Crippen LogP contribution is 2.44. The first kappa shape index (κ1) is 22.5. The number of para-hydroxylation sites is 1. The van der Waals surface area contributed by atoms with Crippen LogP contribution in [0, 0.1) is 6.92 Å². The highest BCUT2D eigenvalue weighted by molar-refractivity contribution is 6.38. The topological polar surface area (TPSA) is 66.8 Å². The summed E-state index contributed by atoms with van der Waals surface area (Å²) in [5.41, 5.74) is 4.54. The number of carbonyl (C=O) groups is 2. The van der Waals surface area contributed by atoms with Crippen molar-refractivity contribution in [1.82, 2.24) is 0 Å². The predicted octanol–water partition coefficient (Wildman–Crippen LogP) is 5.01. The molecule has 0 radical (unpaired) electrons. The number of benzene rings is 3. The van der Waals surface area contributed by atoms with Crippen molar-refractivity contribution in [3.8, 4) is 0 Å². The van der Waals surface area contributed by atoms with Crippen molar-refractivity contribution >= 4 is 28.7 Å². The lowest BCUT2D eigenvalue weighted by Crippen LogP contribution is -2.29. The number of carbonyl (C=O) groups excluding carboxylic acids is 2. The smallest absolute Gasteiger partial charge is 0.337 e. The summed E-state index contributed by atoms with van der Waals surface area (Å²) in [6.45, 7) is 5.69. The van der Waals surface area contributed by atoms with Gasteiger partial charge >= 0.3 is 5.97 Å². The van der Waals surface area contributed by atoms with Crippen molar-refractivity contribution in [2.75, 3.05) is 12.0 Å². The first-order valence-corrected chi connectivity index (χ1v) is 10.8. The molecule has 5 heteroatoms. The Labute approximate surface area is 193 Å². The fourth-order valence-corrected chi connectivity index (χ4v) is 4.30. The second-order valence-corrected chi connectivity index (χ2v) is 8.78. The number of hydrogen-bond donors (Lipinski definition) is 1. The van der Waals surface area contributed by atoms with E-state index in [4.69, 9.17) is 4.74 Å². The second-order valence-electron chi connectivity index (χ2n) is 8.78. The molecule has 0 saturated carbocycles. The molecule has 1 aliphatic heterocycles. The summed E-state index contributed by atoms with van der Waals surface area (Å²) >= 11 is 0. The Morgan fingerprint density at radius 1 is 0.970 bits per heavy atom. The van der Waals surface area contributed by atoms with Crippen molar-refractivity contribution in [2.45, 2.75) is 32.9 Å². The van der Waals surface area contributed by atoms with Gasteiger partial charge in [-0.3, -0.25) is 4.79 Å². The molecule has 0 bridgehead atoms. The van der Waals surface area contributed by atoms with Crippen molar-refractivity contribution in [3.05, 3.63) is 101 Å². The molecule has 0 atom stereocenters. The molecule has 4 rings (SSSR count). The van der Waals surface area contributed by atoms with Crippen LogP contribution in [0.3, 0.4) is 0 Å². The van der Waals surface area contributed by atoms with E-state index in [1.54, 1.807) is 36.9 Å². The van der Waals surface area contributed by atoms with Gasteiger partial charge in [-0.25, -0.2) is 4.79 Å². The minimum absolute atomic E-state index is 0.183. The van der Waals surface area contributed by atoms with Crippen molar-refractivity contribution < 1.29 is 19.4 Å². The second kappa shape index (κ2) is 8.68. The van der Waals surface area contributed by atoms with Gasteiger partial charge in [-0.15, -0.1) is 0 Å². The molecule has 0 saturated heterocycles. The highest BCUT2D eigenvalue weighted by atomic mass is 16.5. The third-order valence-electron chi connectivity index (χ3n) is 5.81. The lowest BCUT2D eigenvalue weighted by atomic mass is 9.84. The summed E-state index contributed by atoms with van der Waals surface area (Å²) in [5, 5.41) is 11.1. The summed E-state index contributed by atoms with van der Waals surface area (Å²) in [5.74, 6) is -0.605. The van der Waals surface area contributed by atoms with Crippen LogP contribution in [0.25, 0.3) is 11.1 Å². The van der Waals surface area contributed by atoms with Crippen molar-refractivity contribution in [1.29, 1.82) is 0 Å². The Balaban J connectivity index is 1.85. The van der Waals surface area contributed by atoms with Crippen LogP contribution < -0.4 is 4.90 Å². The van der Waals surface area contributed by atoms with Gasteiger partial charge in [-0.2, -0.15) is 0 Å². The number of fused-ring (bicyclic) bond motifs is 1. The molecular weight excluding hydrogens is 414 g/mol. The average Bonchev–Trinajstić information content (AvgIpc) is 3.05. The SMILES string of the molecule is COC(=O)c1cccc(CN2C(=O)/C(=C(/c3ccc(C)cc3)C(C)(C)O)c3ccccc32)c1. The Morgan fingerprint density at radius 3 is 2.33 bits per heavy atom. The van der Waals surface area contributed by atoms with Gasteiger partial charge in [0.05, 0.1) is 36.1 Å². The molecule has 5 nitrogen and oxygen atoms in total. The molecule has 0 unspecified atom stereocenters. The monoisotopic (exact) mass is 441 g/mol. The molecule has 0 spiro atoms. The largest absolute Gasteiger partial charge is 0.465 e. The van der Waals surface area contributed by atoms with E-state index in [9.17, 15) is 14.7 Å². The molecule has 33 heavy (non-hydrogen) atoms. The fourth-order valence-electron chi connectivity index (χ4n) is 4.30. The number of nitrogens with zero attached hydrogens (tertiary/aromatic N) is 1. The van der Waals surface area contributed by atoms with Gasteiger partial charge in [-0.1, -0.05) is 60.2 Å². The molecule has 1 aliphatic rings. The van der Waals surface area contributed by atoms with Crippen LogP contribution in [-0.4, -0.2) is 29.7 Å². The first-order valence-electron chi connectivity index (χ1n) is 10.8. The lowest BCUT2D eigenvalue weighted by molar-refractivity contribution is -0.113. The number of hydrogen-bond acceptors (Lipinski definition) is 4. The Hall–Kier alpha value is -3.70. The number of rotatable bonds is 5. The Bertz CT molecular complexity index is 1250. The van der Waals surface area contributed by atoms with E-state index in [1.807, 2.05) is 61.5 Å². The third-order valence-corrected chi connectivity index (χ3v) is 5.81. The van der Waals surface area contributed by atoms with E-state index in [-0.39, 0.29) is 12.5 Å². The maximum atomic E-state index is 13.8. The fraction of sp³-hybridized carbons (Fsp3) is 0.214. The Kier molecular flexibility index (Phi) is 5.91. The van der Waals surface area contributed by atoms with Gasteiger partial charge in [-0.05, 0) is 50.1 Å². The van der Waals surface area contributed by atoms with Crippen LogP contribution in [0.1, 0.15) is 46.5 Å². The zero-order valence-corrected chi connectivity index (χ0v) is 19.3. The van der Waals surface area contributed by atoms with Crippen LogP contribution in [0.4, 0.5) is 5.69 Å².